The zero-order valence-corrected chi connectivity index (χ0v) is 20.8. The SMILES string of the molecule is CC1(C(=O)C2CCc3ccc(-c4ncc(F)c(Nc5ccc(-c6cn[nH]c6)cc5)n4)cc3C2)CC(F)(F)C1. The Labute approximate surface area is 217 Å². The highest BCUT2D eigenvalue weighted by molar-refractivity contribution is 5.88. The number of nitrogens with zero attached hydrogens (tertiary/aromatic N) is 3. The van der Waals surface area contributed by atoms with Gasteiger partial charge in [-0.15, -0.1) is 0 Å². The topological polar surface area (TPSA) is 83.6 Å². The summed E-state index contributed by atoms with van der Waals surface area (Å²) in [5.74, 6) is -3.26. The summed E-state index contributed by atoms with van der Waals surface area (Å²) < 4.78 is 41.6. The summed E-state index contributed by atoms with van der Waals surface area (Å²) in [5.41, 5.74) is 4.46. The first-order chi connectivity index (χ1) is 18.2. The molecule has 9 heteroatoms. The highest BCUT2D eigenvalue weighted by atomic mass is 19.3. The summed E-state index contributed by atoms with van der Waals surface area (Å²) in [5, 5.41) is 9.75. The quantitative estimate of drug-likeness (QED) is 0.304. The van der Waals surface area contributed by atoms with E-state index >= 15 is 0 Å². The minimum atomic E-state index is -2.74. The minimum Gasteiger partial charge on any atom is -0.338 e. The van der Waals surface area contributed by atoms with Crippen LogP contribution in [-0.4, -0.2) is 31.9 Å². The van der Waals surface area contributed by atoms with E-state index in [0.717, 1.165) is 28.5 Å². The molecule has 0 bridgehead atoms. The number of alkyl halides is 2. The van der Waals surface area contributed by atoms with Crippen molar-refractivity contribution >= 4 is 17.3 Å². The number of Topliss-reactive ketones (excluding diaryl/α,β-unsaturated/α-hetero) is 1. The molecule has 2 aromatic carbocycles. The van der Waals surface area contributed by atoms with Gasteiger partial charge in [-0.3, -0.25) is 9.89 Å². The third-order valence-corrected chi connectivity index (χ3v) is 7.68. The standard InChI is InChI=1S/C29H26F3N5O/c1-28(15-29(31,32)16-28)25(38)19-4-2-17-3-5-20(11-21(17)10-19)26-33-14-24(30)27(37-26)36-23-8-6-18(7-9-23)22-12-34-35-13-22/h3,5-9,11-14,19H,2,4,10,15-16H2,1H3,(H,34,35)(H,33,36,37). The van der Waals surface area contributed by atoms with Crippen LogP contribution in [0.1, 0.15) is 37.3 Å². The van der Waals surface area contributed by atoms with Crippen molar-refractivity contribution in [2.75, 3.05) is 5.32 Å². The fraction of sp³-hybridized carbons (Fsp3) is 0.310. The van der Waals surface area contributed by atoms with Crippen molar-refractivity contribution in [1.82, 2.24) is 20.2 Å². The third kappa shape index (κ3) is 4.57. The molecule has 1 fully saturated rings. The Morgan fingerprint density at radius 3 is 2.50 bits per heavy atom. The molecular weight excluding hydrogens is 491 g/mol. The van der Waals surface area contributed by atoms with Crippen LogP contribution in [0.3, 0.4) is 0 Å². The summed E-state index contributed by atoms with van der Waals surface area (Å²) in [7, 11) is 0. The van der Waals surface area contributed by atoms with Crippen LogP contribution in [0, 0.1) is 17.2 Å². The molecule has 4 aromatic rings. The van der Waals surface area contributed by atoms with E-state index in [-0.39, 0.29) is 30.4 Å². The van der Waals surface area contributed by atoms with E-state index in [4.69, 9.17) is 0 Å². The Morgan fingerprint density at radius 2 is 1.79 bits per heavy atom. The number of benzene rings is 2. The fourth-order valence-electron chi connectivity index (χ4n) is 5.76. The van der Waals surface area contributed by atoms with Crippen molar-refractivity contribution in [2.45, 2.75) is 45.0 Å². The molecule has 0 radical (unpaired) electrons. The lowest BCUT2D eigenvalue weighted by Crippen LogP contribution is -2.51. The van der Waals surface area contributed by atoms with Crippen molar-refractivity contribution in [3.8, 4) is 22.5 Å². The minimum absolute atomic E-state index is 0.0515. The number of H-pyrrole nitrogens is 1. The Kier molecular flexibility index (Phi) is 5.81. The van der Waals surface area contributed by atoms with E-state index in [1.165, 1.54) is 0 Å². The molecule has 1 saturated carbocycles. The van der Waals surface area contributed by atoms with Gasteiger partial charge in [0.2, 0.25) is 5.92 Å². The predicted molar refractivity (Wildman–Crippen MR) is 138 cm³/mol. The number of rotatable bonds is 6. The molecule has 2 aliphatic rings. The molecule has 38 heavy (non-hydrogen) atoms. The van der Waals surface area contributed by atoms with E-state index in [2.05, 4.69) is 25.5 Å². The number of hydrogen-bond acceptors (Lipinski definition) is 5. The first kappa shape index (κ1) is 24.3. The molecule has 2 aromatic heterocycles. The van der Waals surface area contributed by atoms with Crippen LogP contribution in [0.25, 0.3) is 22.5 Å². The number of aromatic amines is 1. The monoisotopic (exact) mass is 517 g/mol. The molecule has 0 saturated heterocycles. The molecule has 0 amide bonds. The lowest BCUT2D eigenvalue weighted by atomic mass is 9.60. The summed E-state index contributed by atoms with van der Waals surface area (Å²) in [6.07, 6.45) is 5.79. The lowest BCUT2D eigenvalue weighted by Gasteiger charge is -2.45. The van der Waals surface area contributed by atoms with Crippen LogP contribution in [0.2, 0.25) is 0 Å². The maximum absolute atomic E-state index is 14.6. The smallest absolute Gasteiger partial charge is 0.250 e. The number of ketones is 1. The van der Waals surface area contributed by atoms with E-state index < -0.39 is 17.2 Å². The molecule has 0 spiro atoms. The molecule has 194 valence electrons. The van der Waals surface area contributed by atoms with E-state index in [0.29, 0.717) is 36.3 Å². The maximum atomic E-state index is 14.6. The molecule has 1 unspecified atom stereocenters. The van der Waals surface area contributed by atoms with Crippen LogP contribution < -0.4 is 5.32 Å². The zero-order valence-electron chi connectivity index (χ0n) is 20.8. The van der Waals surface area contributed by atoms with Gasteiger partial charge in [0.05, 0.1) is 12.4 Å². The number of fused-ring (bicyclic) bond motifs is 1. The molecule has 6 nitrogen and oxygen atoms in total. The molecule has 2 aliphatic carbocycles. The average Bonchev–Trinajstić information content (AvgIpc) is 3.43. The van der Waals surface area contributed by atoms with Crippen molar-refractivity contribution in [3.05, 3.63) is 78.0 Å². The van der Waals surface area contributed by atoms with Crippen LogP contribution in [-0.2, 0) is 17.6 Å². The normalized spacial score (nSPS) is 19.3. The van der Waals surface area contributed by atoms with Gasteiger partial charge in [-0.05, 0) is 54.2 Å². The van der Waals surface area contributed by atoms with E-state index in [1.807, 2.05) is 42.5 Å². The maximum Gasteiger partial charge on any atom is 0.250 e. The van der Waals surface area contributed by atoms with Crippen LogP contribution in [0.5, 0.6) is 0 Å². The van der Waals surface area contributed by atoms with Gasteiger partial charge in [0.15, 0.2) is 17.5 Å². The number of halogens is 3. The summed E-state index contributed by atoms with van der Waals surface area (Å²) >= 11 is 0. The Bertz CT molecular complexity index is 1490. The molecular formula is C29H26F3N5O. The summed E-state index contributed by atoms with van der Waals surface area (Å²) in [4.78, 5) is 21.7. The van der Waals surface area contributed by atoms with Gasteiger partial charge in [0.25, 0.3) is 0 Å². The number of aromatic nitrogens is 4. The second-order valence-electron chi connectivity index (χ2n) is 10.6. The van der Waals surface area contributed by atoms with E-state index in [1.54, 1.807) is 19.3 Å². The van der Waals surface area contributed by atoms with Gasteiger partial charge in [-0.2, -0.15) is 5.10 Å². The fourth-order valence-corrected chi connectivity index (χ4v) is 5.76. The molecule has 1 atom stereocenters. The molecule has 2 heterocycles. The zero-order chi connectivity index (χ0) is 26.5. The van der Waals surface area contributed by atoms with Crippen molar-refractivity contribution < 1.29 is 18.0 Å². The van der Waals surface area contributed by atoms with Gasteiger partial charge in [0.1, 0.15) is 5.78 Å². The van der Waals surface area contributed by atoms with Crippen LogP contribution in [0.4, 0.5) is 24.7 Å². The van der Waals surface area contributed by atoms with Crippen molar-refractivity contribution in [2.24, 2.45) is 11.3 Å². The first-order valence-electron chi connectivity index (χ1n) is 12.6. The number of anilines is 2. The highest BCUT2D eigenvalue weighted by Crippen LogP contribution is 2.54. The average molecular weight is 518 g/mol. The first-order valence-corrected chi connectivity index (χ1v) is 12.6. The molecule has 0 aliphatic heterocycles. The highest BCUT2D eigenvalue weighted by Gasteiger charge is 2.58. The Morgan fingerprint density at radius 1 is 1.03 bits per heavy atom. The number of aryl methyl sites for hydroxylation is 1. The second kappa shape index (κ2) is 9.08. The van der Waals surface area contributed by atoms with E-state index in [9.17, 15) is 18.0 Å². The van der Waals surface area contributed by atoms with Gasteiger partial charge in [0, 0.05) is 47.2 Å². The largest absolute Gasteiger partial charge is 0.338 e. The lowest BCUT2D eigenvalue weighted by molar-refractivity contribution is -0.176. The summed E-state index contributed by atoms with van der Waals surface area (Å²) in [6, 6.07) is 13.3. The van der Waals surface area contributed by atoms with Crippen molar-refractivity contribution in [1.29, 1.82) is 0 Å². The van der Waals surface area contributed by atoms with Crippen LogP contribution in [0.15, 0.2) is 61.1 Å². The second-order valence-corrected chi connectivity index (χ2v) is 10.6. The van der Waals surface area contributed by atoms with Gasteiger partial charge < -0.3 is 5.32 Å². The number of hydrogen-bond donors (Lipinski definition) is 2. The Hall–Kier alpha value is -4.01. The third-order valence-electron chi connectivity index (χ3n) is 7.68. The van der Waals surface area contributed by atoms with Gasteiger partial charge in [-0.25, -0.2) is 23.1 Å². The van der Waals surface area contributed by atoms with Gasteiger partial charge >= 0.3 is 0 Å². The number of carbonyl (C=O) groups excluding carboxylic acids is 1. The van der Waals surface area contributed by atoms with Crippen LogP contribution >= 0.6 is 0 Å². The Balaban J connectivity index is 1.20. The number of nitrogens with one attached hydrogen (secondary N) is 2. The summed E-state index contributed by atoms with van der Waals surface area (Å²) in [6.45, 7) is 1.66. The van der Waals surface area contributed by atoms with Gasteiger partial charge in [-0.1, -0.05) is 31.2 Å². The molecule has 2 N–H and O–H groups in total. The van der Waals surface area contributed by atoms with Crippen molar-refractivity contribution in [3.63, 3.8) is 0 Å². The predicted octanol–water partition coefficient (Wildman–Crippen LogP) is 6.53. The molecule has 6 rings (SSSR count). The number of carbonyl (C=O) groups is 1.